The lowest BCUT2D eigenvalue weighted by Gasteiger charge is -2.17. The SMILES string of the molecule is CCC(=O)N(C)Cc1ccc(-c2ccc(C(=O)CCc3ccc(F)nc3C)nc2)cc1F. The van der Waals surface area contributed by atoms with Gasteiger partial charge in [-0.3, -0.25) is 14.6 Å². The number of pyridine rings is 2. The summed E-state index contributed by atoms with van der Waals surface area (Å²) < 4.78 is 27.7. The minimum Gasteiger partial charge on any atom is -0.341 e. The topological polar surface area (TPSA) is 63.2 Å². The number of aromatic nitrogens is 2. The summed E-state index contributed by atoms with van der Waals surface area (Å²) in [4.78, 5) is 33.7. The Balaban J connectivity index is 1.66. The maximum atomic E-state index is 14.5. The molecular weight excluding hydrogens is 412 g/mol. The summed E-state index contributed by atoms with van der Waals surface area (Å²) in [6, 6.07) is 11.1. The Morgan fingerprint density at radius 3 is 2.34 bits per heavy atom. The monoisotopic (exact) mass is 437 g/mol. The van der Waals surface area contributed by atoms with Gasteiger partial charge in [-0.2, -0.15) is 4.39 Å². The van der Waals surface area contributed by atoms with Crippen molar-refractivity contribution in [1.29, 1.82) is 0 Å². The highest BCUT2D eigenvalue weighted by atomic mass is 19.1. The predicted octanol–water partition coefficient (Wildman–Crippen LogP) is 4.91. The van der Waals surface area contributed by atoms with Gasteiger partial charge in [-0.25, -0.2) is 9.37 Å². The van der Waals surface area contributed by atoms with Crippen LogP contribution < -0.4 is 0 Å². The van der Waals surface area contributed by atoms with Crippen molar-refractivity contribution in [2.24, 2.45) is 0 Å². The van der Waals surface area contributed by atoms with Crippen molar-refractivity contribution < 1.29 is 18.4 Å². The zero-order chi connectivity index (χ0) is 23.3. The summed E-state index contributed by atoms with van der Waals surface area (Å²) in [7, 11) is 1.65. The van der Waals surface area contributed by atoms with E-state index in [0.29, 0.717) is 40.9 Å². The molecule has 2 aromatic heterocycles. The number of amides is 1. The predicted molar refractivity (Wildman–Crippen MR) is 118 cm³/mol. The van der Waals surface area contributed by atoms with E-state index in [0.717, 1.165) is 5.56 Å². The minimum absolute atomic E-state index is 0.0521. The number of Topliss-reactive ketones (excluding diaryl/α,β-unsaturated/α-hetero) is 1. The maximum Gasteiger partial charge on any atom is 0.222 e. The number of hydrogen-bond donors (Lipinski definition) is 0. The van der Waals surface area contributed by atoms with Crippen LogP contribution in [0.1, 0.15) is 47.1 Å². The van der Waals surface area contributed by atoms with Gasteiger partial charge in [0, 0.05) is 49.5 Å². The number of carbonyl (C=O) groups excluding carboxylic acids is 2. The van der Waals surface area contributed by atoms with E-state index >= 15 is 0 Å². The molecule has 0 saturated carbocycles. The Labute approximate surface area is 186 Å². The molecule has 0 bridgehead atoms. The average molecular weight is 437 g/mol. The van der Waals surface area contributed by atoms with Gasteiger partial charge in [0.05, 0.1) is 0 Å². The number of aryl methyl sites for hydroxylation is 2. The number of rotatable bonds is 8. The van der Waals surface area contributed by atoms with Crippen molar-refractivity contribution in [3.05, 3.63) is 82.9 Å². The average Bonchev–Trinajstić information content (AvgIpc) is 2.79. The fourth-order valence-corrected chi connectivity index (χ4v) is 3.40. The molecule has 0 spiro atoms. The lowest BCUT2D eigenvalue weighted by atomic mass is 10.0. The molecule has 0 radical (unpaired) electrons. The number of ketones is 1. The molecule has 32 heavy (non-hydrogen) atoms. The second-order valence-corrected chi connectivity index (χ2v) is 7.64. The number of hydrogen-bond acceptors (Lipinski definition) is 4. The van der Waals surface area contributed by atoms with Crippen LogP contribution in [0.5, 0.6) is 0 Å². The molecule has 3 aromatic rings. The molecule has 1 amide bonds. The third kappa shape index (κ3) is 5.60. The van der Waals surface area contributed by atoms with E-state index in [1.807, 2.05) is 0 Å². The zero-order valence-corrected chi connectivity index (χ0v) is 18.4. The Morgan fingerprint density at radius 1 is 1.00 bits per heavy atom. The van der Waals surface area contributed by atoms with Crippen LogP contribution in [0, 0.1) is 18.7 Å². The second-order valence-electron chi connectivity index (χ2n) is 7.64. The van der Waals surface area contributed by atoms with Gasteiger partial charge in [-0.05, 0) is 42.7 Å². The van der Waals surface area contributed by atoms with Gasteiger partial charge >= 0.3 is 0 Å². The van der Waals surface area contributed by atoms with Crippen LogP contribution >= 0.6 is 0 Å². The Bertz CT molecular complexity index is 1130. The number of benzene rings is 1. The third-order valence-corrected chi connectivity index (χ3v) is 5.35. The van der Waals surface area contributed by atoms with E-state index in [1.54, 1.807) is 57.4 Å². The highest BCUT2D eigenvalue weighted by Gasteiger charge is 2.13. The third-order valence-electron chi connectivity index (χ3n) is 5.35. The molecule has 0 saturated heterocycles. The van der Waals surface area contributed by atoms with Crippen LogP contribution in [-0.2, 0) is 17.8 Å². The molecular formula is C25H25F2N3O2. The minimum atomic E-state index is -0.541. The largest absolute Gasteiger partial charge is 0.341 e. The van der Waals surface area contributed by atoms with E-state index in [4.69, 9.17) is 0 Å². The van der Waals surface area contributed by atoms with E-state index in [1.165, 1.54) is 17.0 Å². The quantitative estimate of drug-likeness (QED) is 0.371. The first-order valence-corrected chi connectivity index (χ1v) is 10.4. The summed E-state index contributed by atoms with van der Waals surface area (Å²) in [5.74, 6) is -1.13. The van der Waals surface area contributed by atoms with Crippen LogP contribution in [0.2, 0.25) is 0 Å². The van der Waals surface area contributed by atoms with Crippen molar-refractivity contribution in [3.8, 4) is 11.1 Å². The summed E-state index contributed by atoms with van der Waals surface area (Å²) in [5.41, 5.74) is 3.45. The Morgan fingerprint density at radius 2 is 1.72 bits per heavy atom. The molecule has 1 aromatic carbocycles. The van der Waals surface area contributed by atoms with E-state index in [-0.39, 0.29) is 24.7 Å². The first-order valence-electron chi connectivity index (χ1n) is 10.4. The molecule has 0 aliphatic carbocycles. The molecule has 0 aliphatic heterocycles. The molecule has 7 heteroatoms. The molecule has 0 unspecified atom stereocenters. The van der Waals surface area contributed by atoms with Gasteiger partial charge in [0.2, 0.25) is 11.9 Å². The molecule has 0 fully saturated rings. The number of halogens is 2. The number of nitrogens with zero attached hydrogens (tertiary/aromatic N) is 3. The molecule has 3 rings (SSSR count). The molecule has 2 heterocycles. The lowest BCUT2D eigenvalue weighted by Crippen LogP contribution is -2.25. The summed E-state index contributed by atoms with van der Waals surface area (Å²) in [6.07, 6.45) is 2.59. The van der Waals surface area contributed by atoms with Gasteiger partial charge in [0.25, 0.3) is 0 Å². The van der Waals surface area contributed by atoms with Crippen molar-refractivity contribution >= 4 is 11.7 Å². The standard InChI is InChI=1S/C25H25F2N3O2/c1-4-25(32)30(3)15-20-6-5-18(13-21(20)26)19-7-10-22(28-14-19)23(31)11-8-17-9-12-24(27)29-16(17)2/h5-7,9-10,12-14H,4,8,11,15H2,1-3H3. The van der Waals surface area contributed by atoms with Crippen molar-refractivity contribution in [1.82, 2.24) is 14.9 Å². The smallest absolute Gasteiger partial charge is 0.222 e. The van der Waals surface area contributed by atoms with E-state index in [2.05, 4.69) is 9.97 Å². The highest BCUT2D eigenvalue weighted by molar-refractivity contribution is 5.94. The first-order chi connectivity index (χ1) is 15.3. The molecule has 0 atom stereocenters. The molecule has 0 N–H and O–H groups in total. The normalized spacial score (nSPS) is 10.8. The summed E-state index contributed by atoms with van der Waals surface area (Å²) >= 11 is 0. The maximum absolute atomic E-state index is 14.5. The Hall–Kier alpha value is -3.48. The fraction of sp³-hybridized carbons (Fsp3) is 0.280. The van der Waals surface area contributed by atoms with Gasteiger partial charge in [0.1, 0.15) is 11.5 Å². The van der Waals surface area contributed by atoms with Crippen LogP contribution in [0.3, 0.4) is 0 Å². The lowest BCUT2D eigenvalue weighted by molar-refractivity contribution is -0.130. The van der Waals surface area contributed by atoms with Gasteiger partial charge in [-0.15, -0.1) is 0 Å². The van der Waals surface area contributed by atoms with Gasteiger partial charge in [-0.1, -0.05) is 31.2 Å². The second kappa shape index (κ2) is 10.2. The first kappa shape index (κ1) is 23.2. The molecule has 5 nitrogen and oxygen atoms in total. The Kier molecular flexibility index (Phi) is 7.41. The van der Waals surface area contributed by atoms with Crippen LogP contribution in [0.15, 0.2) is 48.7 Å². The van der Waals surface area contributed by atoms with Gasteiger partial charge < -0.3 is 4.90 Å². The van der Waals surface area contributed by atoms with Crippen LogP contribution in [-0.4, -0.2) is 33.6 Å². The summed E-state index contributed by atoms with van der Waals surface area (Å²) in [6.45, 7) is 3.67. The molecule has 0 aliphatic rings. The molecule has 166 valence electrons. The van der Waals surface area contributed by atoms with Gasteiger partial charge in [0.15, 0.2) is 5.78 Å². The van der Waals surface area contributed by atoms with Crippen molar-refractivity contribution in [2.45, 2.75) is 39.7 Å². The van der Waals surface area contributed by atoms with Crippen molar-refractivity contribution in [3.63, 3.8) is 0 Å². The van der Waals surface area contributed by atoms with Crippen molar-refractivity contribution in [2.75, 3.05) is 7.05 Å². The van der Waals surface area contributed by atoms with Crippen LogP contribution in [0.4, 0.5) is 8.78 Å². The van der Waals surface area contributed by atoms with E-state index in [9.17, 15) is 18.4 Å². The highest BCUT2D eigenvalue weighted by Crippen LogP contribution is 2.23. The number of carbonyl (C=O) groups is 2. The van der Waals surface area contributed by atoms with Crippen LogP contribution in [0.25, 0.3) is 11.1 Å². The fourth-order valence-electron chi connectivity index (χ4n) is 3.40. The summed E-state index contributed by atoms with van der Waals surface area (Å²) in [5, 5.41) is 0. The zero-order valence-electron chi connectivity index (χ0n) is 18.4. The van der Waals surface area contributed by atoms with E-state index < -0.39 is 11.8 Å².